The van der Waals surface area contributed by atoms with Crippen LogP contribution in [-0.2, 0) is 9.53 Å². The Balaban J connectivity index is 1.72. The Kier molecular flexibility index (Phi) is 6.19. The Morgan fingerprint density at radius 2 is 1.96 bits per heavy atom. The summed E-state index contributed by atoms with van der Waals surface area (Å²) < 4.78 is 18.9. The highest BCUT2D eigenvalue weighted by Crippen LogP contribution is 2.30. The first kappa shape index (κ1) is 18.1. The molecule has 0 amide bonds. The number of nitrogens with one attached hydrogen (secondary N) is 1. The number of hydrogen-bond acceptors (Lipinski definition) is 4. The smallest absolute Gasteiger partial charge is 0.316 e. The minimum atomic E-state index is -0.437. The van der Waals surface area contributed by atoms with Crippen molar-refractivity contribution in [2.24, 2.45) is 16.8 Å². The molecule has 1 N–H and O–H groups in total. The van der Waals surface area contributed by atoms with E-state index in [1.54, 1.807) is 12.1 Å². The van der Waals surface area contributed by atoms with Crippen LogP contribution in [-0.4, -0.2) is 25.0 Å². The third-order valence-electron chi connectivity index (χ3n) is 5.32. The molecule has 0 saturated heterocycles. The van der Waals surface area contributed by atoms with Crippen molar-refractivity contribution in [3.05, 3.63) is 35.6 Å². The van der Waals surface area contributed by atoms with Crippen molar-refractivity contribution in [3.8, 4) is 0 Å². The van der Waals surface area contributed by atoms with Gasteiger partial charge in [-0.2, -0.15) is 0 Å². The molecule has 1 saturated carbocycles. The van der Waals surface area contributed by atoms with Crippen molar-refractivity contribution in [2.45, 2.75) is 51.5 Å². The number of benzene rings is 1. The van der Waals surface area contributed by atoms with Crippen molar-refractivity contribution < 1.29 is 13.9 Å². The average molecular weight is 346 g/mol. The van der Waals surface area contributed by atoms with E-state index in [4.69, 9.17) is 4.74 Å². The number of halogens is 1. The van der Waals surface area contributed by atoms with Gasteiger partial charge in [0.1, 0.15) is 11.7 Å². The molecule has 2 aliphatic rings. The first-order valence-electron chi connectivity index (χ1n) is 9.37. The Hall–Kier alpha value is -1.75. The number of rotatable bonds is 5. The van der Waals surface area contributed by atoms with Gasteiger partial charge in [0.25, 0.3) is 0 Å². The van der Waals surface area contributed by atoms with Gasteiger partial charge in [-0.3, -0.25) is 15.1 Å². The zero-order valence-corrected chi connectivity index (χ0v) is 14.8. The second kappa shape index (κ2) is 8.56. The van der Waals surface area contributed by atoms with Gasteiger partial charge in [0.05, 0.1) is 19.3 Å². The van der Waals surface area contributed by atoms with E-state index >= 15 is 0 Å². The van der Waals surface area contributed by atoms with Crippen LogP contribution in [0.15, 0.2) is 29.3 Å². The molecule has 2 unspecified atom stereocenters. The summed E-state index contributed by atoms with van der Waals surface area (Å²) in [6, 6.07) is 6.10. The topological polar surface area (TPSA) is 50.7 Å². The second-order valence-corrected chi connectivity index (χ2v) is 7.01. The van der Waals surface area contributed by atoms with E-state index in [1.165, 1.54) is 31.4 Å². The molecule has 2 atom stereocenters. The van der Waals surface area contributed by atoms with E-state index in [2.05, 4.69) is 10.3 Å². The molecule has 25 heavy (non-hydrogen) atoms. The zero-order chi connectivity index (χ0) is 17.6. The third-order valence-corrected chi connectivity index (χ3v) is 5.32. The molecule has 136 valence electrons. The molecule has 1 aliphatic carbocycles. The molecule has 1 aromatic rings. The Bertz CT molecular complexity index is 609. The summed E-state index contributed by atoms with van der Waals surface area (Å²) in [6.07, 6.45) is 6.75. The minimum Gasteiger partial charge on any atom is -0.465 e. The van der Waals surface area contributed by atoms with Gasteiger partial charge in [-0.15, -0.1) is 0 Å². The summed E-state index contributed by atoms with van der Waals surface area (Å²) in [7, 11) is 0. The molecule has 1 aromatic carbocycles. The number of hydrogen-bond donors (Lipinski definition) is 1. The van der Waals surface area contributed by atoms with Gasteiger partial charge >= 0.3 is 5.97 Å². The van der Waals surface area contributed by atoms with Gasteiger partial charge in [-0.05, 0) is 42.9 Å². The van der Waals surface area contributed by atoms with Crippen molar-refractivity contribution in [1.82, 2.24) is 5.32 Å². The maximum Gasteiger partial charge on any atom is 0.316 e. The summed E-state index contributed by atoms with van der Waals surface area (Å²) in [6.45, 7) is 2.98. The number of ether oxygens (including phenoxy) is 1. The summed E-state index contributed by atoms with van der Waals surface area (Å²) in [4.78, 5) is 17.3. The molecule has 0 bridgehead atoms. The second-order valence-electron chi connectivity index (χ2n) is 7.01. The fourth-order valence-corrected chi connectivity index (χ4v) is 3.88. The van der Waals surface area contributed by atoms with E-state index in [9.17, 15) is 9.18 Å². The fraction of sp³-hybridized carbons (Fsp3) is 0.600. The summed E-state index contributed by atoms with van der Waals surface area (Å²) in [5, 5.41) is 3.28. The largest absolute Gasteiger partial charge is 0.465 e. The maximum atomic E-state index is 13.2. The van der Waals surface area contributed by atoms with Crippen LogP contribution in [0.2, 0.25) is 0 Å². The molecule has 1 heterocycles. The van der Waals surface area contributed by atoms with Crippen LogP contribution < -0.4 is 5.32 Å². The average Bonchev–Trinajstić information content (AvgIpc) is 2.67. The number of carbonyl (C=O) groups excluding carboxylic acids is 1. The van der Waals surface area contributed by atoms with Gasteiger partial charge in [-0.1, -0.05) is 38.3 Å². The van der Waals surface area contributed by atoms with Gasteiger partial charge in [-0.25, -0.2) is 4.39 Å². The molecular formula is C20H27FN2O2. The molecule has 1 aliphatic heterocycles. The quantitative estimate of drug-likeness (QED) is 0.819. The number of esters is 1. The van der Waals surface area contributed by atoms with Crippen molar-refractivity contribution in [3.63, 3.8) is 0 Å². The summed E-state index contributed by atoms with van der Waals surface area (Å²) in [5.74, 6) is -0.443. The predicted octanol–water partition coefficient (Wildman–Crippen LogP) is 4.02. The zero-order valence-electron chi connectivity index (χ0n) is 14.8. The molecule has 0 spiro atoms. The lowest BCUT2D eigenvalue weighted by Crippen LogP contribution is -2.43. The van der Waals surface area contributed by atoms with Crippen LogP contribution >= 0.6 is 0 Å². The van der Waals surface area contributed by atoms with Gasteiger partial charge in [0, 0.05) is 5.71 Å². The molecule has 5 heteroatoms. The number of carbonyl (C=O) groups is 1. The maximum absolute atomic E-state index is 13.2. The molecule has 0 aromatic heterocycles. The fourth-order valence-electron chi connectivity index (χ4n) is 3.88. The van der Waals surface area contributed by atoms with Gasteiger partial charge in [0.15, 0.2) is 0 Å². The lowest BCUT2D eigenvalue weighted by Gasteiger charge is -2.32. The molecule has 4 nitrogen and oxygen atoms in total. The lowest BCUT2D eigenvalue weighted by atomic mass is 9.86. The monoisotopic (exact) mass is 346 g/mol. The first-order valence-corrected chi connectivity index (χ1v) is 9.37. The van der Waals surface area contributed by atoms with Crippen LogP contribution in [0.25, 0.3) is 0 Å². The van der Waals surface area contributed by atoms with E-state index in [1.807, 2.05) is 6.92 Å². The predicted molar refractivity (Wildman–Crippen MR) is 95.9 cm³/mol. The van der Waals surface area contributed by atoms with E-state index < -0.39 is 5.92 Å². The van der Waals surface area contributed by atoms with Crippen LogP contribution in [0.3, 0.4) is 0 Å². The van der Waals surface area contributed by atoms with Gasteiger partial charge in [0.2, 0.25) is 0 Å². The highest BCUT2D eigenvalue weighted by Gasteiger charge is 2.36. The lowest BCUT2D eigenvalue weighted by molar-refractivity contribution is -0.149. The number of nitrogens with zero attached hydrogens (tertiary/aromatic N) is 1. The standard InChI is InChI=1S/C20H27FN2O2/c1-2-17-18(20(24)25-12-14-6-4-3-5-7-14)19(23-13-22-17)15-8-10-16(21)11-9-15/h8-11,14,18-19,23H,2-7,12-13H2,1H3. The van der Waals surface area contributed by atoms with E-state index in [0.29, 0.717) is 25.6 Å². The molecule has 1 fully saturated rings. The van der Waals surface area contributed by atoms with Crippen molar-refractivity contribution in [1.29, 1.82) is 0 Å². The van der Waals surface area contributed by atoms with Crippen LogP contribution in [0, 0.1) is 17.7 Å². The molecular weight excluding hydrogens is 319 g/mol. The third kappa shape index (κ3) is 4.46. The van der Waals surface area contributed by atoms with E-state index in [0.717, 1.165) is 24.1 Å². The van der Waals surface area contributed by atoms with Crippen LogP contribution in [0.4, 0.5) is 4.39 Å². The number of aliphatic imine (C=N–C) groups is 1. The Morgan fingerprint density at radius 3 is 2.64 bits per heavy atom. The highest BCUT2D eigenvalue weighted by atomic mass is 19.1. The van der Waals surface area contributed by atoms with Crippen molar-refractivity contribution in [2.75, 3.05) is 13.3 Å². The SMILES string of the molecule is CCC1=NCNC(c2ccc(F)cc2)C1C(=O)OCC1CCCCC1. The summed E-state index contributed by atoms with van der Waals surface area (Å²) >= 11 is 0. The first-order chi connectivity index (χ1) is 12.2. The van der Waals surface area contributed by atoms with E-state index in [-0.39, 0.29) is 17.8 Å². The molecule has 3 rings (SSSR count). The normalized spacial score (nSPS) is 24.6. The minimum absolute atomic E-state index is 0.215. The Morgan fingerprint density at radius 1 is 1.24 bits per heavy atom. The summed E-state index contributed by atoms with van der Waals surface area (Å²) in [5.41, 5.74) is 1.75. The Labute approximate surface area is 148 Å². The van der Waals surface area contributed by atoms with Crippen LogP contribution in [0.1, 0.15) is 57.1 Å². The highest BCUT2D eigenvalue weighted by molar-refractivity contribution is 6.03. The van der Waals surface area contributed by atoms with Crippen molar-refractivity contribution >= 4 is 11.7 Å². The van der Waals surface area contributed by atoms with Gasteiger partial charge < -0.3 is 4.74 Å². The van der Waals surface area contributed by atoms with Crippen LogP contribution in [0.5, 0.6) is 0 Å². The molecule has 0 radical (unpaired) electrons.